The summed E-state index contributed by atoms with van der Waals surface area (Å²) >= 11 is 1.53. The Morgan fingerprint density at radius 3 is 2.30 bits per heavy atom. The molecule has 10 heteroatoms. The number of benzene rings is 3. The molecule has 7 nitrogen and oxygen atoms in total. The van der Waals surface area contributed by atoms with Gasteiger partial charge in [0.25, 0.3) is 0 Å². The highest BCUT2D eigenvalue weighted by atomic mass is 35.5. The summed E-state index contributed by atoms with van der Waals surface area (Å²) in [5.74, 6) is 1.17. The Bertz CT molecular complexity index is 1190. The monoisotopic (exact) mass is 559 g/mol. The highest BCUT2D eigenvalue weighted by Gasteiger charge is 2.10. The second kappa shape index (κ2) is 16.1. The zero-order chi connectivity index (χ0) is 24.3. The molecule has 0 saturated heterocycles. The number of aromatic amines is 1. The van der Waals surface area contributed by atoms with Gasteiger partial charge in [-0.15, -0.1) is 29.9 Å². The number of nitrogens with one attached hydrogen (secondary N) is 3. The Labute approximate surface area is 233 Å². The van der Waals surface area contributed by atoms with Crippen molar-refractivity contribution in [3.8, 4) is 0 Å². The molecule has 0 radical (unpaired) electrons. The smallest absolute Gasteiger partial charge is 0.232 e. The summed E-state index contributed by atoms with van der Waals surface area (Å²) in [6.45, 7) is 1.26. The van der Waals surface area contributed by atoms with E-state index in [0.29, 0.717) is 17.5 Å². The van der Waals surface area contributed by atoms with Crippen LogP contribution in [0.25, 0.3) is 0 Å². The van der Waals surface area contributed by atoms with Crippen molar-refractivity contribution in [1.29, 1.82) is 0 Å². The quantitative estimate of drug-likeness (QED) is 0.144. The molecule has 4 rings (SSSR count). The lowest BCUT2D eigenvalue weighted by atomic mass is 10.1. The van der Waals surface area contributed by atoms with Gasteiger partial charge < -0.3 is 15.7 Å². The Kier molecular flexibility index (Phi) is 13.2. The normalized spacial score (nSPS) is 11.2. The van der Waals surface area contributed by atoms with Crippen molar-refractivity contribution in [2.45, 2.75) is 29.9 Å². The number of hydrogen-bond acceptors (Lipinski definition) is 6. The molecule has 0 bridgehead atoms. The standard InChI is InChI=1S/C27H29N5O2S.2ClH/c33-24(22-9-5-2-6-10-22)18-28-16-15-20-11-13-23(14-12-20)29-26(34)17-25-30-27(32-31-25)35-19-21-7-3-1-4-8-21;;/h1-14,24,28,33H,15-19H2,(H,29,34)(H,30,31,32);2*1H/t24-;;/m0../s1. The molecular weight excluding hydrogens is 529 g/mol. The predicted octanol–water partition coefficient (Wildman–Crippen LogP) is 4.99. The minimum absolute atomic E-state index is 0. The molecule has 37 heavy (non-hydrogen) atoms. The summed E-state index contributed by atoms with van der Waals surface area (Å²) in [5, 5.41) is 24.1. The number of anilines is 1. The number of rotatable bonds is 12. The van der Waals surface area contributed by atoms with Gasteiger partial charge in [0.2, 0.25) is 11.1 Å². The SMILES string of the molecule is Cl.Cl.O=C(Cc1nc(SCc2ccccc2)n[nH]1)Nc1ccc(CCNC[C@H](O)c2ccccc2)cc1. The lowest BCUT2D eigenvalue weighted by molar-refractivity contribution is -0.115. The molecule has 0 aliphatic rings. The van der Waals surface area contributed by atoms with Crippen molar-refractivity contribution in [3.05, 3.63) is 107 Å². The van der Waals surface area contributed by atoms with Crippen molar-refractivity contribution in [3.63, 3.8) is 0 Å². The topological polar surface area (TPSA) is 103 Å². The average molecular weight is 561 g/mol. The first kappa shape index (κ1) is 30.3. The van der Waals surface area contributed by atoms with Crippen LogP contribution >= 0.6 is 36.6 Å². The van der Waals surface area contributed by atoms with E-state index in [0.717, 1.165) is 35.5 Å². The summed E-state index contributed by atoms with van der Waals surface area (Å²) < 4.78 is 0. The summed E-state index contributed by atoms with van der Waals surface area (Å²) in [6, 6.07) is 27.5. The maximum Gasteiger partial charge on any atom is 0.232 e. The van der Waals surface area contributed by atoms with E-state index in [4.69, 9.17) is 0 Å². The van der Waals surface area contributed by atoms with Gasteiger partial charge in [-0.1, -0.05) is 84.6 Å². The number of aliphatic hydroxyl groups is 1. The van der Waals surface area contributed by atoms with Crippen molar-refractivity contribution in [1.82, 2.24) is 20.5 Å². The van der Waals surface area contributed by atoms with E-state index >= 15 is 0 Å². The molecule has 4 aromatic rings. The molecule has 3 aromatic carbocycles. The van der Waals surface area contributed by atoms with Crippen LogP contribution in [0.15, 0.2) is 90.1 Å². The molecule has 0 unspecified atom stereocenters. The third-order valence-corrected chi connectivity index (χ3v) is 6.32. The number of carbonyl (C=O) groups is 1. The number of amides is 1. The first-order valence-corrected chi connectivity index (χ1v) is 12.5. The van der Waals surface area contributed by atoms with Crippen LogP contribution in [0.1, 0.15) is 28.6 Å². The summed E-state index contributed by atoms with van der Waals surface area (Å²) in [6.07, 6.45) is 0.447. The van der Waals surface area contributed by atoms with Crippen LogP contribution in [0.5, 0.6) is 0 Å². The zero-order valence-electron chi connectivity index (χ0n) is 20.2. The molecule has 196 valence electrons. The second-order valence-electron chi connectivity index (χ2n) is 8.14. The molecule has 1 heterocycles. The third-order valence-electron chi connectivity index (χ3n) is 5.40. The van der Waals surface area contributed by atoms with E-state index in [1.165, 1.54) is 17.3 Å². The molecule has 0 aliphatic heterocycles. The number of thioether (sulfide) groups is 1. The van der Waals surface area contributed by atoms with Crippen LogP contribution in [0.3, 0.4) is 0 Å². The Morgan fingerprint density at radius 1 is 0.919 bits per heavy atom. The maximum atomic E-state index is 12.4. The summed E-state index contributed by atoms with van der Waals surface area (Å²) in [4.78, 5) is 16.8. The van der Waals surface area contributed by atoms with E-state index in [9.17, 15) is 9.90 Å². The van der Waals surface area contributed by atoms with Gasteiger partial charge in [-0.25, -0.2) is 4.98 Å². The van der Waals surface area contributed by atoms with E-state index in [-0.39, 0.29) is 37.1 Å². The first-order chi connectivity index (χ1) is 17.2. The van der Waals surface area contributed by atoms with Gasteiger partial charge in [0.05, 0.1) is 12.5 Å². The van der Waals surface area contributed by atoms with Crippen LogP contribution in [0.4, 0.5) is 5.69 Å². The van der Waals surface area contributed by atoms with Crippen LogP contribution in [0.2, 0.25) is 0 Å². The van der Waals surface area contributed by atoms with E-state index in [2.05, 4.69) is 37.9 Å². The Hall–Kier alpha value is -2.88. The minimum Gasteiger partial charge on any atom is -0.387 e. The molecular formula is C27H31Cl2N5O2S. The maximum absolute atomic E-state index is 12.4. The van der Waals surface area contributed by atoms with Crippen molar-refractivity contribution < 1.29 is 9.90 Å². The number of aromatic nitrogens is 3. The van der Waals surface area contributed by atoms with Crippen LogP contribution in [0, 0.1) is 0 Å². The number of aliphatic hydroxyl groups excluding tert-OH is 1. The molecule has 0 saturated carbocycles. The fourth-order valence-electron chi connectivity index (χ4n) is 3.52. The van der Waals surface area contributed by atoms with Gasteiger partial charge in [0.15, 0.2) is 0 Å². The van der Waals surface area contributed by atoms with Crippen molar-refractivity contribution in [2.24, 2.45) is 0 Å². The van der Waals surface area contributed by atoms with E-state index in [1.54, 1.807) is 0 Å². The predicted molar refractivity (Wildman–Crippen MR) is 154 cm³/mol. The second-order valence-corrected chi connectivity index (χ2v) is 9.08. The van der Waals surface area contributed by atoms with Crippen molar-refractivity contribution in [2.75, 3.05) is 18.4 Å². The highest BCUT2D eigenvalue weighted by Crippen LogP contribution is 2.19. The fraction of sp³-hybridized carbons (Fsp3) is 0.222. The average Bonchev–Trinajstić information content (AvgIpc) is 3.34. The molecule has 1 aromatic heterocycles. The zero-order valence-corrected chi connectivity index (χ0v) is 22.6. The van der Waals surface area contributed by atoms with E-state index in [1.807, 2.05) is 72.8 Å². The summed E-state index contributed by atoms with van der Waals surface area (Å²) in [5.41, 5.74) is 4.00. The number of carbonyl (C=O) groups excluding carboxylic acids is 1. The van der Waals surface area contributed by atoms with E-state index < -0.39 is 6.10 Å². The van der Waals surface area contributed by atoms with Gasteiger partial charge in [0, 0.05) is 18.0 Å². The number of hydrogen-bond donors (Lipinski definition) is 4. The summed E-state index contributed by atoms with van der Waals surface area (Å²) in [7, 11) is 0. The molecule has 0 spiro atoms. The van der Waals surface area contributed by atoms with Gasteiger partial charge in [-0.05, 0) is 41.8 Å². The number of H-pyrrole nitrogens is 1. The molecule has 4 N–H and O–H groups in total. The van der Waals surface area contributed by atoms with Gasteiger partial charge >= 0.3 is 0 Å². The molecule has 0 aliphatic carbocycles. The lowest BCUT2D eigenvalue weighted by Gasteiger charge is -2.12. The van der Waals surface area contributed by atoms with Crippen LogP contribution in [-0.4, -0.2) is 39.3 Å². The lowest BCUT2D eigenvalue weighted by Crippen LogP contribution is -2.23. The fourth-order valence-corrected chi connectivity index (χ4v) is 4.29. The first-order valence-electron chi connectivity index (χ1n) is 11.6. The number of halogens is 2. The van der Waals surface area contributed by atoms with Gasteiger partial charge in [0.1, 0.15) is 5.82 Å². The largest absolute Gasteiger partial charge is 0.387 e. The Morgan fingerprint density at radius 2 is 1.59 bits per heavy atom. The molecule has 1 atom stereocenters. The minimum atomic E-state index is -0.517. The van der Waals surface area contributed by atoms with Gasteiger partial charge in [-0.3, -0.25) is 9.89 Å². The number of nitrogens with zero attached hydrogens (tertiary/aromatic N) is 2. The van der Waals surface area contributed by atoms with Crippen LogP contribution < -0.4 is 10.6 Å². The highest BCUT2D eigenvalue weighted by molar-refractivity contribution is 7.98. The third kappa shape index (κ3) is 10.2. The molecule has 0 fully saturated rings. The van der Waals surface area contributed by atoms with Crippen molar-refractivity contribution >= 4 is 48.2 Å². The Balaban J connectivity index is 0.00000241. The molecule has 1 amide bonds. The van der Waals surface area contributed by atoms with Gasteiger partial charge in [-0.2, -0.15) is 0 Å². The van der Waals surface area contributed by atoms with Crippen LogP contribution in [-0.2, 0) is 23.4 Å².